The van der Waals surface area contributed by atoms with E-state index < -0.39 is 0 Å². The quantitative estimate of drug-likeness (QED) is 0.608. The molecule has 7 heteroatoms. The molecule has 0 aliphatic heterocycles. The van der Waals surface area contributed by atoms with E-state index in [9.17, 15) is 9.59 Å². The van der Waals surface area contributed by atoms with Crippen molar-refractivity contribution in [3.63, 3.8) is 0 Å². The first kappa shape index (κ1) is 21.2. The van der Waals surface area contributed by atoms with Crippen LogP contribution in [0.1, 0.15) is 19.1 Å². The van der Waals surface area contributed by atoms with Crippen molar-refractivity contribution in [3.8, 4) is 28.4 Å². The van der Waals surface area contributed by atoms with E-state index in [1.165, 1.54) is 0 Å². The van der Waals surface area contributed by atoms with Crippen LogP contribution in [-0.4, -0.2) is 33.3 Å². The Kier molecular flexibility index (Phi) is 6.61. The summed E-state index contributed by atoms with van der Waals surface area (Å²) in [5.74, 6) is 1.83. The zero-order valence-corrected chi connectivity index (χ0v) is 17.5. The molecule has 0 fully saturated rings. The van der Waals surface area contributed by atoms with Gasteiger partial charge in [-0.15, -0.1) is 0 Å². The fourth-order valence-corrected chi connectivity index (χ4v) is 3.17. The lowest BCUT2D eigenvalue weighted by Gasteiger charge is -2.12. The zero-order valence-electron chi connectivity index (χ0n) is 17.5. The SMILES string of the molecule is CCCNC(=O)COc1ccc2c(=O)c(-c3ccc(OC)c(OC)c3)c(C)oc2c1. The maximum absolute atomic E-state index is 13.2. The summed E-state index contributed by atoms with van der Waals surface area (Å²) >= 11 is 0. The van der Waals surface area contributed by atoms with E-state index in [0.717, 1.165) is 6.42 Å². The Hall–Kier alpha value is -3.48. The summed E-state index contributed by atoms with van der Waals surface area (Å²) in [5, 5.41) is 3.17. The lowest BCUT2D eigenvalue weighted by Crippen LogP contribution is -2.29. The van der Waals surface area contributed by atoms with Gasteiger partial charge in [-0.25, -0.2) is 0 Å². The average Bonchev–Trinajstić information content (AvgIpc) is 2.75. The van der Waals surface area contributed by atoms with Crippen LogP contribution in [0.4, 0.5) is 0 Å². The molecule has 158 valence electrons. The highest BCUT2D eigenvalue weighted by molar-refractivity contribution is 5.84. The van der Waals surface area contributed by atoms with Gasteiger partial charge in [0, 0.05) is 12.6 Å². The molecular formula is C23H25NO6. The Morgan fingerprint density at radius 1 is 1.07 bits per heavy atom. The molecule has 0 spiro atoms. The first-order valence-electron chi connectivity index (χ1n) is 9.67. The van der Waals surface area contributed by atoms with Crippen molar-refractivity contribution in [2.75, 3.05) is 27.4 Å². The Balaban J connectivity index is 1.94. The van der Waals surface area contributed by atoms with Crippen LogP contribution >= 0.6 is 0 Å². The molecule has 1 heterocycles. The summed E-state index contributed by atoms with van der Waals surface area (Å²) in [5.41, 5.74) is 1.37. The number of fused-ring (bicyclic) bond motifs is 1. The summed E-state index contributed by atoms with van der Waals surface area (Å²) in [7, 11) is 3.10. The summed E-state index contributed by atoms with van der Waals surface area (Å²) in [6, 6.07) is 10.2. The van der Waals surface area contributed by atoms with Gasteiger partial charge in [0.15, 0.2) is 18.1 Å². The van der Waals surface area contributed by atoms with Crippen molar-refractivity contribution in [3.05, 3.63) is 52.4 Å². The standard InChI is InChI=1S/C23H25NO6/c1-5-10-24-21(25)13-29-16-7-8-17-19(12-16)30-14(2)22(23(17)26)15-6-9-18(27-3)20(11-15)28-4/h6-9,11-12H,5,10,13H2,1-4H3,(H,24,25). The van der Waals surface area contributed by atoms with Crippen LogP contribution in [0.5, 0.6) is 17.2 Å². The van der Waals surface area contributed by atoms with Crippen LogP contribution in [0.25, 0.3) is 22.1 Å². The molecule has 0 atom stereocenters. The van der Waals surface area contributed by atoms with E-state index in [1.54, 1.807) is 57.5 Å². The number of carbonyl (C=O) groups excluding carboxylic acids is 1. The highest BCUT2D eigenvalue weighted by Crippen LogP contribution is 2.33. The summed E-state index contributed by atoms with van der Waals surface area (Å²) in [6.07, 6.45) is 0.856. The molecule has 0 radical (unpaired) electrons. The van der Waals surface area contributed by atoms with Gasteiger partial charge in [-0.2, -0.15) is 0 Å². The van der Waals surface area contributed by atoms with E-state index in [-0.39, 0.29) is 17.9 Å². The largest absolute Gasteiger partial charge is 0.493 e. The minimum atomic E-state index is -0.196. The Morgan fingerprint density at radius 3 is 2.53 bits per heavy atom. The monoisotopic (exact) mass is 411 g/mol. The fourth-order valence-electron chi connectivity index (χ4n) is 3.17. The van der Waals surface area contributed by atoms with Crippen molar-refractivity contribution in [2.45, 2.75) is 20.3 Å². The molecule has 0 saturated heterocycles. The number of hydrogen-bond donors (Lipinski definition) is 1. The number of rotatable bonds is 8. The third-order valence-electron chi connectivity index (χ3n) is 4.65. The average molecular weight is 411 g/mol. The molecule has 1 N–H and O–H groups in total. The number of ether oxygens (including phenoxy) is 3. The Bertz CT molecular complexity index is 1120. The van der Waals surface area contributed by atoms with Gasteiger partial charge in [-0.05, 0) is 43.2 Å². The summed E-state index contributed by atoms with van der Waals surface area (Å²) in [4.78, 5) is 24.9. The van der Waals surface area contributed by atoms with E-state index in [4.69, 9.17) is 18.6 Å². The summed E-state index contributed by atoms with van der Waals surface area (Å²) in [6.45, 7) is 4.22. The van der Waals surface area contributed by atoms with Crippen molar-refractivity contribution < 1.29 is 23.4 Å². The van der Waals surface area contributed by atoms with Gasteiger partial charge in [0.2, 0.25) is 5.43 Å². The van der Waals surface area contributed by atoms with Gasteiger partial charge in [0.1, 0.15) is 17.1 Å². The third kappa shape index (κ3) is 4.40. The van der Waals surface area contributed by atoms with Crippen LogP contribution in [0.2, 0.25) is 0 Å². The molecule has 3 aromatic rings. The molecule has 0 bridgehead atoms. The topological polar surface area (TPSA) is 87.0 Å². The molecule has 1 aromatic heterocycles. The minimum Gasteiger partial charge on any atom is -0.493 e. The molecular weight excluding hydrogens is 386 g/mol. The molecule has 0 unspecified atom stereocenters. The van der Waals surface area contributed by atoms with E-state index in [0.29, 0.717) is 51.6 Å². The molecule has 0 aliphatic carbocycles. The summed E-state index contributed by atoms with van der Waals surface area (Å²) < 4.78 is 22.0. The van der Waals surface area contributed by atoms with Crippen molar-refractivity contribution in [2.24, 2.45) is 0 Å². The number of methoxy groups -OCH3 is 2. The number of hydrogen-bond acceptors (Lipinski definition) is 6. The van der Waals surface area contributed by atoms with Crippen molar-refractivity contribution in [1.82, 2.24) is 5.32 Å². The normalized spacial score (nSPS) is 10.7. The smallest absolute Gasteiger partial charge is 0.257 e. The van der Waals surface area contributed by atoms with Crippen molar-refractivity contribution >= 4 is 16.9 Å². The highest BCUT2D eigenvalue weighted by atomic mass is 16.5. The molecule has 0 aliphatic rings. The van der Waals surface area contributed by atoms with Crippen molar-refractivity contribution in [1.29, 1.82) is 0 Å². The second-order valence-corrected chi connectivity index (χ2v) is 6.73. The van der Waals surface area contributed by atoms with Gasteiger partial charge >= 0.3 is 0 Å². The van der Waals surface area contributed by atoms with Crippen LogP contribution in [0.3, 0.4) is 0 Å². The van der Waals surface area contributed by atoms with Gasteiger partial charge in [0.05, 0.1) is 25.2 Å². The van der Waals surface area contributed by atoms with E-state index >= 15 is 0 Å². The fraction of sp³-hybridized carbons (Fsp3) is 0.304. The molecule has 7 nitrogen and oxygen atoms in total. The van der Waals surface area contributed by atoms with Crippen LogP contribution < -0.4 is 25.0 Å². The number of amides is 1. The van der Waals surface area contributed by atoms with Gasteiger partial charge in [0.25, 0.3) is 5.91 Å². The maximum atomic E-state index is 13.2. The highest BCUT2D eigenvalue weighted by Gasteiger charge is 2.16. The zero-order chi connectivity index (χ0) is 21.7. The Morgan fingerprint density at radius 2 is 1.83 bits per heavy atom. The van der Waals surface area contributed by atoms with E-state index in [1.807, 2.05) is 6.92 Å². The predicted molar refractivity (Wildman–Crippen MR) is 115 cm³/mol. The molecule has 3 rings (SSSR count). The maximum Gasteiger partial charge on any atom is 0.257 e. The van der Waals surface area contributed by atoms with E-state index in [2.05, 4.69) is 5.32 Å². The molecule has 0 saturated carbocycles. The third-order valence-corrected chi connectivity index (χ3v) is 4.65. The number of benzene rings is 2. The minimum absolute atomic E-state index is 0.0988. The van der Waals surface area contributed by atoms with Gasteiger partial charge < -0.3 is 23.9 Å². The van der Waals surface area contributed by atoms with Crippen LogP contribution in [0, 0.1) is 6.92 Å². The molecule has 1 amide bonds. The van der Waals surface area contributed by atoms with Crippen LogP contribution in [-0.2, 0) is 4.79 Å². The number of aryl methyl sites for hydroxylation is 1. The number of carbonyl (C=O) groups is 1. The predicted octanol–water partition coefficient (Wildman–Crippen LogP) is 3.69. The number of nitrogens with one attached hydrogen (secondary N) is 1. The molecule has 30 heavy (non-hydrogen) atoms. The van der Waals surface area contributed by atoms with Gasteiger partial charge in [-0.1, -0.05) is 13.0 Å². The second-order valence-electron chi connectivity index (χ2n) is 6.73. The van der Waals surface area contributed by atoms with Gasteiger partial charge in [-0.3, -0.25) is 9.59 Å². The first-order chi connectivity index (χ1) is 14.5. The molecule has 2 aromatic carbocycles. The second kappa shape index (κ2) is 9.35. The lowest BCUT2D eigenvalue weighted by atomic mass is 10.0. The Labute approximate surface area is 174 Å². The first-order valence-corrected chi connectivity index (χ1v) is 9.67. The lowest BCUT2D eigenvalue weighted by molar-refractivity contribution is -0.123. The van der Waals surface area contributed by atoms with Crippen LogP contribution in [0.15, 0.2) is 45.6 Å².